The van der Waals surface area contributed by atoms with Crippen LogP contribution >= 0.6 is 0 Å². The molecule has 6 heteroatoms. The molecular formula is C28H32N2O4. The monoisotopic (exact) mass is 460 g/mol. The fourth-order valence-corrected chi connectivity index (χ4v) is 3.76. The molecule has 0 heterocycles. The molecule has 0 aliphatic carbocycles. The van der Waals surface area contributed by atoms with Crippen LogP contribution < -0.4 is 10.1 Å². The molecule has 2 N–H and O–H groups in total. The Morgan fingerprint density at radius 3 is 2.09 bits per heavy atom. The summed E-state index contributed by atoms with van der Waals surface area (Å²) in [5.74, 6) is 0.376. The first-order valence-corrected chi connectivity index (χ1v) is 11.5. The molecular weight excluding hydrogens is 428 g/mol. The number of carbonyl (C=O) groups is 2. The zero-order valence-corrected chi connectivity index (χ0v) is 19.5. The van der Waals surface area contributed by atoms with Crippen LogP contribution in [-0.4, -0.2) is 48.1 Å². The number of amides is 2. The minimum atomic E-state index is -0.695. The van der Waals surface area contributed by atoms with Gasteiger partial charge in [-0.15, -0.1) is 0 Å². The third-order valence-corrected chi connectivity index (χ3v) is 5.62. The highest BCUT2D eigenvalue weighted by atomic mass is 16.5. The highest BCUT2D eigenvalue weighted by molar-refractivity contribution is 5.88. The maximum atomic E-state index is 13.6. The van der Waals surface area contributed by atoms with Gasteiger partial charge in [0, 0.05) is 26.1 Å². The standard InChI is InChI=1S/C28H32N2O4/c1-34-25-15-13-24(14-16-25)21-30(27(32)20-23-11-6-3-7-12-23)26(28(33)29-17-8-18-31)19-22-9-4-2-5-10-22/h2-7,9-16,26,31H,8,17-21H2,1H3,(H,29,33)/t26-/m0/s1. The molecule has 3 rings (SSSR count). The molecule has 0 spiro atoms. The Morgan fingerprint density at radius 1 is 0.882 bits per heavy atom. The lowest BCUT2D eigenvalue weighted by Crippen LogP contribution is -2.51. The maximum Gasteiger partial charge on any atom is 0.243 e. The molecule has 178 valence electrons. The number of aliphatic hydroxyl groups is 1. The van der Waals surface area contributed by atoms with Crippen molar-refractivity contribution < 1.29 is 19.4 Å². The van der Waals surface area contributed by atoms with Crippen LogP contribution in [0.2, 0.25) is 0 Å². The molecule has 34 heavy (non-hydrogen) atoms. The number of aliphatic hydroxyl groups excluding tert-OH is 1. The molecule has 3 aromatic rings. The van der Waals surface area contributed by atoms with Crippen molar-refractivity contribution in [2.24, 2.45) is 0 Å². The van der Waals surface area contributed by atoms with E-state index in [1.165, 1.54) is 0 Å². The molecule has 0 aromatic heterocycles. The summed E-state index contributed by atoms with van der Waals surface area (Å²) >= 11 is 0. The number of hydrogen-bond acceptors (Lipinski definition) is 4. The lowest BCUT2D eigenvalue weighted by Gasteiger charge is -2.31. The molecule has 3 aromatic carbocycles. The van der Waals surface area contributed by atoms with Crippen molar-refractivity contribution >= 4 is 11.8 Å². The van der Waals surface area contributed by atoms with Crippen LogP contribution in [0.4, 0.5) is 0 Å². The van der Waals surface area contributed by atoms with E-state index in [0.717, 1.165) is 22.4 Å². The van der Waals surface area contributed by atoms with Crippen LogP contribution in [-0.2, 0) is 29.0 Å². The SMILES string of the molecule is COc1ccc(CN(C(=O)Cc2ccccc2)[C@@H](Cc2ccccc2)C(=O)NCCCO)cc1. The Balaban J connectivity index is 1.92. The molecule has 0 fully saturated rings. The summed E-state index contributed by atoms with van der Waals surface area (Å²) in [5.41, 5.74) is 2.77. The molecule has 0 saturated carbocycles. The number of hydrogen-bond donors (Lipinski definition) is 2. The van der Waals surface area contributed by atoms with E-state index in [1.54, 1.807) is 12.0 Å². The van der Waals surface area contributed by atoms with E-state index in [4.69, 9.17) is 9.84 Å². The van der Waals surface area contributed by atoms with Crippen molar-refractivity contribution in [1.29, 1.82) is 0 Å². The number of ether oxygens (including phenoxy) is 1. The fourth-order valence-electron chi connectivity index (χ4n) is 3.76. The Bertz CT molecular complexity index is 1020. The first-order chi connectivity index (χ1) is 16.6. The van der Waals surface area contributed by atoms with E-state index in [0.29, 0.717) is 25.9 Å². The second-order valence-electron chi connectivity index (χ2n) is 8.11. The molecule has 0 unspecified atom stereocenters. The lowest BCUT2D eigenvalue weighted by atomic mass is 10.0. The predicted octanol–water partition coefficient (Wildman–Crippen LogP) is 3.38. The molecule has 6 nitrogen and oxygen atoms in total. The number of rotatable bonds is 12. The van der Waals surface area contributed by atoms with Gasteiger partial charge in [-0.1, -0.05) is 72.8 Å². The molecule has 0 aliphatic rings. The maximum absolute atomic E-state index is 13.6. The van der Waals surface area contributed by atoms with Gasteiger partial charge in [-0.3, -0.25) is 9.59 Å². The normalized spacial score (nSPS) is 11.5. The topological polar surface area (TPSA) is 78.9 Å². The number of benzene rings is 3. The van der Waals surface area contributed by atoms with Crippen molar-refractivity contribution in [2.45, 2.75) is 31.8 Å². The quantitative estimate of drug-likeness (QED) is 0.406. The summed E-state index contributed by atoms with van der Waals surface area (Å²) < 4.78 is 5.26. The van der Waals surface area contributed by atoms with E-state index in [-0.39, 0.29) is 24.8 Å². The van der Waals surface area contributed by atoms with Crippen molar-refractivity contribution in [3.63, 3.8) is 0 Å². The van der Waals surface area contributed by atoms with E-state index < -0.39 is 6.04 Å². The first kappa shape index (κ1) is 25.0. The smallest absolute Gasteiger partial charge is 0.243 e. The van der Waals surface area contributed by atoms with Crippen LogP contribution in [0.3, 0.4) is 0 Å². The Morgan fingerprint density at radius 2 is 1.50 bits per heavy atom. The first-order valence-electron chi connectivity index (χ1n) is 11.5. The average molecular weight is 461 g/mol. The highest BCUT2D eigenvalue weighted by Gasteiger charge is 2.30. The van der Waals surface area contributed by atoms with Crippen molar-refractivity contribution in [3.8, 4) is 5.75 Å². The number of methoxy groups -OCH3 is 1. The molecule has 0 radical (unpaired) electrons. The van der Waals surface area contributed by atoms with E-state index in [1.807, 2.05) is 84.9 Å². The highest BCUT2D eigenvalue weighted by Crippen LogP contribution is 2.18. The minimum absolute atomic E-state index is 0.00781. The largest absolute Gasteiger partial charge is 0.497 e. The van der Waals surface area contributed by atoms with Gasteiger partial charge < -0.3 is 20.1 Å². The zero-order valence-electron chi connectivity index (χ0n) is 19.5. The summed E-state index contributed by atoms with van der Waals surface area (Å²) in [6.07, 6.45) is 1.05. The summed E-state index contributed by atoms with van der Waals surface area (Å²) in [5, 5.41) is 12.0. The summed E-state index contributed by atoms with van der Waals surface area (Å²) in [6, 6.07) is 26.1. The second-order valence-corrected chi connectivity index (χ2v) is 8.11. The second kappa shape index (κ2) is 13.2. The molecule has 2 amide bonds. The molecule has 0 saturated heterocycles. The van der Waals surface area contributed by atoms with Gasteiger partial charge in [-0.25, -0.2) is 0 Å². The predicted molar refractivity (Wildman–Crippen MR) is 132 cm³/mol. The van der Waals surface area contributed by atoms with Gasteiger partial charge in [-0.2, -0.15) is 0 Å². The third-order valence-electron chi connectivity index (χ3n) is 5.62. The Hall–Kier alpha value is -3.64. The van der Waals surface area contributed by atoms with Gasteiger partial charge in [0.25, 0.3) is 0 Å². The van der Waals surface area contributed by atoms with Gasteiger partial charge in [0.05, 0.1) is 13.5 Å². The number of nitrogens with zero attached hydrogens (tertiary/aromatic N) is 1. The lowest BCUT2D eigenvalue weighted by molar-refractivity contribution is -0.140. The molecule has 0 aliphatic heterocycles. The summed E-state index contributed by atoms with van der Waals surface area (Å²) in [6.45, 7) is 0.636. The van der Waals surface area contributed by atoms with Gasteiger partial charge in [0.15, 0.2) is 0 Å². The Kier molecular flexibility index (Phi) is 9.67. The van der Waals surface area contributed by atoms with Crippen LogP contribution in [0.25, 0.3) is 0 Å². The molecule has 1 atom stereocenters. The van der Waals surface area contributed by atoms with Gasteiger partial charge in [0.2, 0.25) is 11.8 Å². The third kappa shape index (κ3) is 7.46. The van der Waals surface area contributed by atoms with Crippen LogP contribution in [0.15, 0.2) is 84.9 Å². The minimum Gasteiger partial charge on any atom is -0.497 e. The van der Waals surface area contributed by atoms with E-state index in [2.05, 4.69) is 5.32 Å². The summed E-state index contributed by atoms with van der Waals surface area (Å²) in [4.78, 5) is 28.6. The summed E-state index contributed by atoms with van der Waals surface area (Å²) in [7, 11) is 1.61. The van der Waals surface area contributed by atoms with E-state index in [9.17, 15) is 9.59 Å². The van der Waals surface area contributed by atoms with Crippen LogP contribution in [0.5, 0.6) is 5.75 Å². The van der Waals surface area contributed by atoms with Crippen molar-refractivity contribution in [3.05, 3.63) is 102 Å². The van der Waals surface area contributed by atoms with Gasteiger partial charge in [0.1, 0.15) is 11.8 Å². The van der Waals surface area contributed by atoms with Crippen LogP contribution in [0.1, 0.15) is 23.1 Å². The van der Waals surface area contributed by atoms with Gasteiger partial charge >= 0.3 is 0 Å². The van der Waals surface area contributed by atoms with Gasteiger partial charge in [-0.05, 0) is 35.2 Å². The Labute approximate surface area is 201 Å². The van der Waals surface area contributed by atoms with Crippen LogP contribution in [0, 0.1) is 0 Å². The average Bonchev–Trinajstić information content (AvgIpc) is 2.87. The fraction of sp³-hybridized carbons (Fsp3) is 0.286. The zero-order chi connectivity index (χ0) is 24.2. The van der Waals surface area contributed by atoms with Crippen molar-refractivity contribution in [2.75, 3.05) is 20.3 Å². The number of nitrogens with one attached hydrogen (secondary N) is 1. The van der Waals surface area contributed by atoms with Crippen molar-refractivity contribution in [1.82, 2.24) is 10.2 Å². The molecule has 0 bridgehead atoms. The van der Waals surface area contributed by atoms with E-state index >= 15 is 0 Å². The number of carbonyl (C=O) groups excluding carboxylic acids is 2.